The van der Waals surface area contributed by atoms with Gasteiger partial charge in [0.2, 0.25) is 22.8 Å². The van der Waals surface area contributed by atoms with Gasteiger partial charge in [-0.3, -0.25) is 9.35 Å². The van der Waals surface area contributed by atoms with Crippen LogP contribution in [0.15, 0.2) is 28.7 Å². The van der Waals surface area contributed by atoms with E-state index < -0.39 is 22.1 Å². The SMILES string of the molecule is CC(=O)Oc1c(C(Br)CCNS(=O)O)oc(-c2ccc(Cl)cc2)c1O. The minimum atomic E-state index is -2.13. The summed E-state index contributed by atoms with van der Waals surface area (Å²) in [5.41, 5.74) is 0.552. The number of carbonyl (C=O) groups excluding carboxylic acids is 1. The number of hydrogen-bond donors (Lipinski definition) is 3. The minimum Gasteiger partial charge on any atom is -0.502 e. The van der Waals surface area contributed by atoms with Gasteiger partial charge < -0.3 is 14.3 Å². The van der Waals surface area contributed by atoms with Crippen molar-refractivity contribution in [3.8, 4) is 22.8 Å². The van der Waals surface area contributed by atoms with Gasteiger partial charge in [-0.05, 0) is 30.7 Å². The Bertz CT molecular complexity index is 779. The van der Waals surface area contributed by atoms with Gasteiger partial charge in [-0.15, -0.1) is 0 Å². The van der Waals surface area contributed by atoms with E-state index in [9.17, 15) is 14.1 Å². The highest BCUT2D eigenvalue weighted by molar-refractivity contribution is 9.09. The molecular formula is C15H15BrClNO6S. The van der Waals surface area contributed by atoms with Gasteiger partial charge in [-0.25, -0.2) is 8.93 Å². The number of hydrogen-bond acceptors (Lipinski definition) is 5. The highest BCUT2D eigenvalue weighted by atomic mass is 79.9. The predicted molar refractivity (Wildman–Crippen MR) is 97.2 cm³/mol. The van der Waals surface area contributed by atoms with Crippen LogP contribution in [-0.4, -0.2) is 26.4 Å². The molecule has 0 radical (unpaired) electrons. The van der Waals surface area contributed by atoms with Gasteiger partial charge in [-0.2, -0.15) is 0 Å². The molecule has 0 aliphatic rings. The van der Waals surface area contributed by atoms with Crippen molar-refractivity contribution in [2.24, 2.45) is 0 Å². The number of esters is 1. The van der Waals surface area contributed by atoms with Crippen LogP contribution < -0.4 is 9.46 Å². The molecule has 0 bridgehead atoms. The van der Waals surface area contributed by atoms with E-state index in [0.29, 0.717) is 17.0 Å². The van der Waals surface area contributed by atoms with E-state index >= 15 is 0 Å². The molecule has 1 aromatic carbocycles. The van der Waals surface area contributed by atoms with Crippen LogP contribution in [0.4, 0.5) is 0 Å². The topological polar surface area (TPSA) is 109 Å². The summed E-state index contributed by atoms with van der Waals surface area (Å²) in [6.45, 7) is 1.40. The average Bonchev–Trinajstić information content (AvgIpc) is 2.84. The molecule has 2 aromatic rings. The Morgan fingerprint density at radius 2 is 2.08 bits per heavy atom. The Morgan fingerprint density at radius 3 is 2.64 bits per heavy atom. The summed E-state index contributed by atoms with van der Waals surface area (Å²) in [5, 5.41) is 10.9. The smallest absolute Gasteiger partial charge is 0.308 e. The largest absolute Gasteiger partial charge is 0.502 e. The number of rotatable bonds is 7. The molecule has 0 saturated carbocycles. The van der Waals surface area contributed by atoms with E-state index in [2.05, 4.69) is 20.7 Å². The second-order valence-corrected chi connectivity index (χ2v) is 7.30. The molecule has 7 nitrogen and oxygen atoms in total. The van der Waals surface area contributed by atoms with Crippen LogP contribution in [0.3, 0.4) is 0 Å². The summed E-state index contributed by atoms with van der Waals surface area (Å²) >= 11 is 7.09. The standard InChI is InChI=1S/C15H15BrClNO6S/c1-8(19)23-15-12(20)13(9-2-4-10(17)5-3-9)24-14(15)11(16)6-7-18-25(21)22/h2-5,11,18,20H,6-7H2,1H3,(H,21,22). The van der Waals surface area contributed by atoms with Gasteiger partial charge in [0.05, 0.1) is 4.83 Å². The Labute approximate surface area is 159 Å². The van der Waals surface area contributed by atoms with Crippen LogP contribution in [0.5, 0.6) is 11.5 Å². The number of carbonyl (C=O) groups is 1. The van der Waals surface area contributed by atoms with Gasteiger partial charge in [0.25, 0.3) is 0 Å². The molecule has 25 heavy (non-hydrogen) atoms. The van der Waals surface area contributed by atoms with E-state index in [4.69, 9.17) is 25.3 Å². The monoisotopic (exact) mass is 451 g/mol. The second kappa shape index (κ2) is 8.81. The zero-order valence-electron chi connectivity index (χ0n) is 13.0. The quantitative estimate of drug-likeness (QED) is 0.335. The molecule has 1 heterocycles. The Hall–Kier alpha value is -1.39. The van der Waals surface area contributed by atoms with E-state index in [1.165, 1.54) is 6.92 Å². The average molecular weight is 453 g/mol. The molecule has 0 spiro atoms. The summed E-state index contributed by atoms with van der Waals surface area (Å²) in [4.78, 5) is 10.9. The lowest BCUT2D eigenvalue weighted by molar-refractivity contribution is -0.132. The van der Waals surface area contributed by atoms with Crippen LogP contribution in [0, 0.1) is 0 Å². The molecule has 0 aliphatic carbocycles. The third-order valence-corrected chi connectivity index (χ3v) is 4.70. The lowest BCUT2D eigenvalue weighted by Crippen LogP contribution is -2.18. The molecule has 2 atom stereocenters. The normalized spacial score (nSPS) is 13.4. The fraction of sp³-hybridized carbons (Fsp3) is 0.267. The first-order chi connectivity index (χ1) is 11.8. The second-order valence-electron chi connectivity index (χ2n) is 4.97. The van der Waals surface area contributed by atoms with Gasteiger partial charge in [0.15, 0.2) is 11.5 Å². The summed E-state index contributed by atoms with van der Waals surface area (Å²) in [6, 6.07) is 6.58. The molecule has 0 fully saturated rings. The first-order valence-electron chi connectivity index (χ1n) is 7.08. The maximum absolute atomic E-state index is 11.3. The van der Waals surface area contributed by atoms with Crippen molar-refractivity contribution in [1.82, 2.24) is 4.72 Å². The fourth-order valence-electron chi connectivity index (χ4n) is 2.07. The Morgan fingerprint density at radius 1 is 1.44 bits per heavy atom. The summed E-state index contributed by atoms with van der Waals surface area (Å²) < 4.78 is 32.5. The Balaban J connectivity index is 2.36. The first-order valence-corrected chi connectivity index (χ1v) is 9.48. The highest BCUT2D eigenvalue weighted by Crippen LogP contribution is 2.48. The number of furan rings is 1. The van der Waals surface area contributed by atoms with Crippen LogP contribution in [-0.2, 0) is 16.1 Å². The van der Waals surface area contributed by atoms with E-state index in [1.54, 1.807) is 24.3 Å². The van der Waals surface area contributed by atoms with Crippen molar-refractivity contribution < 1.29 is 27.8 Å². The van der Waals surface area contributed by atoms with Crippen LogP contribution in [0.1, 0.15) is 23.9 Å². The van der Waals surface area contributed by atoms with Gasteiger partial charge in [-0.1, -0.05) is 27.5 Å². The van der Waals surface area contributed by atoms with Gasteiger partial charge in [0, 0.05) is 24.1 Å². The highest BCUT2D eigenvalue weighted by Gasteiger charge is 2.28. The molecular weight excluding hydrogens is 438 g/mol. The van der Waals surface area contributed by atoms with Crippen molar-refractivity contribution >= 4 is 44.8 Å². The number of aromatic hydroxyl groups is 1. The molecule has 136 valence electrons. The summed E-state index contributed by atoms with van der Waals surface area (Å²) in [7, 11) is 0. The van der Waals surface area contributed by atoms with E-state index in [0.717, 1.165) is 0 Å². The van der Waals surface area contributed by atoms with Crippen LogP contribution in [0.25, 0.3) is 11.3 Å². The van der Waals surface area contributed by atoms with Crippen molar-refractivity contribution in [2.45, 2.75) is 18.2 Å². The molecule has 0 aliphatic heterocycles. The van der Waals surface area contributed by atoms with Gasteiger partial charge >= 0.3 is 5.97 Å². The third-order valence-electron chi connectivity index (χ3n) is 3.13. The lowest BCUT2D eigenvalue weighted by atomic mass is 10.1. The number of halogens is 2. The Kier molecular flexibility index (Phi) is 7.03. The molecule has 3 N–H and O–H groups in total. The number of nitrogens with one attached hydrogen (secondary N) is 1. The fourth-order valence-corrected chi connectivity index (χ4v) is 3.02. The molecule has 2 rings (SSSR count). The summed E-state index contributed by atoms with van der Waals surface area (Å²) in [6.07, 6.45) is 0.341. The van der Waals surface area contributed by atoms with Crippen molar-refractivity contribution in [3.63, 3.8) is 0 Å². The van der Waals surface area contributed by atoms with Crippen molar-refractivity contribution in [1.29, 1.82) is 0 Å². The maximum atomic E-state index is 11.3. The number of alkyl halides is 1. The van der Waals surface area contributed by atoms with E-state index in [1.807, 2.05) is 0 Å². The zero-order valence-corrected chi connectivity index (χ0v) is 16.2. The van der Waals surface area contributed by atoms with Crippen molar-refractivity contribution in [2.75, 3.05) is 6.54 Å². The molecule has 2 unspecified atom stereocenters. The number of benzene rings is 1. The minimum absolute atomic E-state index is 0.0931. The molecule has 0 amide bonds. The predicted octanol–water partition coefficient (Wildman–Crippen LogP) is 3.78. The molecule has 0 saturated heterocycles. The zero-order chi connectivity index (χ0) is 18.6. The molecule has 1 aromatic heterocycles. The van der Waals surface area contributed by atoms with Crippen LogP contribution >= 0.6 is 27.5 Å². The van der Waals surface area contributed by atoms with Gasteiger partial charge in [0.1, 0.15) is 0 Å². The first kappa shape index (κ1) is 19.9. The van der Waals surface area contributed by atoms with Crippen LogP contribution in [0.2, 0.25) is 5.02 Å². The third kappa shape index (κ3) is 5.29. The lowest BCUT2D eigenvalue weighted by Gasteiger charge is -2.08. The van der Waals surface area contributed by atoms with E-state index in [-0.39, 0.29) is 29.6 Å². The molecule has 10 heteroatoms. The van der Waals surface area contributed by atoms with Crippen molar-refractivity contribution in [3.05, 3.63) is 35.0 Å². The summed E-state index contributed by atoms with van der Waals surface area (Å²) in [5.74, 6) is -0.691. The maximum Gasteiger partial charge on any atom is 0.308 e. The number of ether oxygens (including phenoxy) is 1.